The number of nitrogens with two attached hydrogens (primary N) is 1. The molecule has 0 aromatic heterocycles. The Balaban J connectivity index is 4.13. The molecule has 28 heavy (non-hydrogen) atoms. The van der Waals surface area contributed by atoms with Crippen LogP contribution in [0.5, 0.6) is 0 Å². The van der Waals surface area contributed by atoms with Crippen LogP contribution in [0.4, 0.5) is 0 Å². The van der Waals surface area contributed by atoms with Gasteiger partial charge in [0.15, 0.2) is 0 Å². The molecular weight excluding hydrogens is 338 g/mol. The molecule has 0 aliphatic rings. The monoisotopic (exact) mass is 393 g/mol. The molecular formula is C27H55N. The van der Waals surface area contributed by atoms with Gasteiger partial charge in [0.2, 0.25) is 0 Å². The van der Waals surface area contributed by atoms with Crippen molar-refractivity contribution in [2.24, 2.45) is 5.73 Å². The van der Waals surface area contributed by atoms with E-state index in [1.165, 1.54) is 135 Å². The van der Waals surface area contributed by atoms with Gasteiger partial charge < -0.3 is 5.73 Å². The van der Waals surface area contributed by atoms with E-state index < -0.39 is 0 Å². The number of rotatable bonds is 22. The van der Waals surface area contributed by atoms with E-state index in [0.717, 1.165) is 0 Å². The van der Waals surface area contributed by atoms with Gasteiger partial charge in [0.1, 0.15) is 0 Å². The average Bonchev–Trinajstić information content (AvgIpc) is 2.69. The SMILES string of the molecule is CCCCCCCCC(=CC(N)CCCCCCCC)CCCCCCCC. The molecule has 1 atom stereocenters. The van der Waals surface area contributed by atoms with E-state index in [1.807, 2.05) is 0 Å². The zero-order valence-electron chi connectivity index (χ0n) is 20.1. The van der Waals surface area contributed by atoms with Crippen LogP contribution in [0.3, 0.4) is 0 Å². The van der Waals surface area contributed by atoms with Gasteiger partial charge in [0.25, 0.3) is 0 Å². The molecule has 1 heteroatoms. The van der Waals surface area contributed by atoms with Crippen molar-refractivity contribution >= 4 is 0 Å². The molecule has 0 saturated heterocycles. The standard InChI is InChI=1S/C27H55N/c1-4-7-10-13-16-19-22-26(23-20-17-14-11-8-5-2)25-27(28)24-21-18-15-12-9-6-3/h25,27H,4-24,28H2,1-3H3. The molecule has 0 rings (SSSR count). The fourth-order valence-corrected chi connectivity index (χ4v) is 4.10. The normalized spacial score (nSPS) is 12.3. The van der Waals surface area contributed by atoms with Gasteiger partial charge >= 0.3 is 0 Å². The first-order chi connectivity index (χ1) is 13.7. The van der Waals surface area contributed by atoms with Crippen molar-refractivity contribution in [1.82, 2.24) is 0 Å². The maximum Gasteiger partial charge on any atom is 0.0226 e. The first-order valence-corrected chi connectivity index (χ1v) is 13.2. The summed E-state index contributed by atoms with van der Waals surface area (Å²) in [5.41, 5.74) is 8.15. The van der Waals surface area contributed by atoms with Crippen LogP contribution in [-0.4, -0.2) is 6.04 Å². The van der Waals surface area contributed by atoms with Gasteiger partial charge in [-0.2, -0.15) is 0 Å². The van der Waals surface area contributed by atoms with E-state index in [-0.39, 0.29) is 0 Å². The molecule has 0 aliphatic heterocycles. The predicted octanol–water partition coefficient (Wildman–Crippen LogP) is 9.49. The molecule has 1 unspecified atom stereocenters. The fourth-order valence-electron chi connectivity index (χ4n) is 4.10. The van der Waals surface area contributed by atoms with Gasteiger partial charge in [0.05, 0.1) is 0 Å². The summed E-state index contributed by atoms with van der Waals surface area (Å²) >= 11 is 0. The molecule has 0 amide bonds. The largest absolute Gasteiger partial charge is 0.324 e. The second kappa shape index (κ2) is 23.0. The molecule has 0 saturated carbocycles. The Bertz CT molecular complexity index is 302. The molecule has 1 nitrogen and oxygen atoms in total. The quantitative estimate of drug-likeness (QED) is 0.144. The molecule has 0 aliphatic carbocycles. The van der Waals surface area contributed by atoms with E-state index in [0.29, 0.717) is 6.04 Å². The third kappa shape index (κ3) is 20.4. The predicted molar refractivity (Wildman–Crippen MR) is 130 cm³/mol. The highest BCUT2D eigenvalue weighted by molar-refractivity contribution is 5.06. The number of hydrogen-bond acceptors (Lipinski definition) is 1. The summed E-state index contributed by atoms with van der Waals surface area (Å²) in [6, 6.07) is 0.293. The minimum atomic E-state index is 0.293. The van der Waals surface area contributed by atoms with E-state index in [2.05, 4.69) is 26.8 Å². The molecule has 0 heterocycles. The summed E-state index contributed by atoms with van der Waals surface area (Å²) in [7, 11) is 0. The van der Waals surface area contributed by atoms with Gasteiger partial charge in [-0.3, -0.25) is 0 Å². The molecule has 168 valence electrons. The Morgan fingerprint density at radius 1 is 0.536 bits per heavy atom. The summed E-state index contributed by atoms with van der Waals surface area (Å²) in [6.07, 6.45) is 31.2. The van der Waals surface area contributed by atoms with Crippen LogP contribution in [0, 0.1) is 0 Å². The van der Waals surface area contributed by atoms with Crippen LogP contribution in [0.15, 0.2) is 11.6 Å². The molecule has 2 N–H and O–H groups in total. The molecule has 0 bridgehead atoms. The lowest BCUT2D eigenvalue weighted by Gasteiger charge is -2.13. The van der Waals surface area contributed by atoms with Gasteiger partial charge in [-0.1, -0.05) is 135 Å². The van der Waals surface area contributed by atoms with Crippen LogP contribution < -0.4 is 5.73 Å². The second-order valence-corrected chi connectivity index (χ2v) is 9.08. The van der Waals surface area contributed by atoms with E-state index in [9.17, 15) is 0 Å². The molecule has 0 radical (unpaired) electrons. The van der Waals surface area contributed by atoms with Crippen LogP contribution in [0.2, 0.25) is 0 Å². The average molecular weight is 394 g/mol. The fraction of sp³-hybridized carbons (Fsp3) is 0.926. The van der Waals surface area contributed by atoms with Crippen molar-refractivity contribution < 1.29 is 0 Å². The highest BCUT2D eigenvalue weighted by atomic mass is 14.6. The van der Waals surface area contributed by atoms with Crippen LogP contribution >= 0.6 is 0 Å². The lowest BCUT2D eigenvalue weighted by atomic mass is 9.96. The second-order valence-electron chi connectivity index (χ2n) is 9.08. The first kappa shape index (κ1) is 27.7. The summed E-state index contributed by atoms with van der Waals surface area (Å²) in [4.78, 5) is 0. The Labute approximate surface area is 179 Å². The van der Waals surface area contributed by atoms with E-state index in [4.69, 9.17) is 5.73 Å². The van der Waals surface area contributed by atoms with Gasteiger partial charge in [-0.05, 0) is 32.1 Å². The highest BCUT2D eigenvalue weighted by Gasteiger charge is 2.04. The van der Waals surface area contributed by atoms with E-state index in [1.54, 1.807) is 5.57 Å². The van der Waals surface area contributed by atoms with Crippen molar-refractivity contribution in [1.29, 1.82) is 0 Å². The molecule has 0 spiro atoms. The summed E-state index contributed by atoms with van der Waals surface area (Å²) in [5.74, 6) is 0. The maximum absolute atomic E-state index is 6.48. The smallest absolute Gasteiger partial charge is 0.0226 e. The number of allylic oxidation sites excluding steroid dienone is 1. The van der Waals surface area contributed by atoms with Crippen molar-refractivity contribution in [3.8, 4) is 0 Å². The lowest BCUT2D eigenvalue weighted by Crippen LogP contribution is -2.17. The number of hydrogen-bond donors (Lipinski definition) is 1. The lowest BCUT2D eigenvalue weighted by molar-refractivity contribution is 0.562. The van der Waals surface area contributed by atoms with Crippen molar-refractivity contribution in [3.63, 3.8) is 0 Å². The Morgan fingerprint density at radius 2 is 0.893 bits per heavy atom. The topological polar surface area (TPSA) is 26.0 Å². The van der Waals surface area contributed by atoms with Crippen LogP contribution in [0.25, 0.3) is 0 Å². The van der Waals surface area contributed by atoms with Crippen LogP contribution in [0.1, 0.15) is 156 Å². The molecule has 0 aromatic rings. The van der Waals surface area contributed by atoms with Crippen molar-refractivity contribution in [2.75, 3.05) is 0 Å². The van der Waals surface area contributed by atoms with E-state index >= 15 is 0 Å². The molecule has 0 aromatic carbocycles. The Hall–Kier alpha value is -0.300. The summed E-state index contributed by atoms with van der Waals surface area (Å²) in [6.45, 7) is 6.88. The zero-order valence-corrected chi connectivity index (χ0v) is 20.1. The maximum atomic E-state index is 6.48. The minimum absolute atomic E-state index is 0.293. The Morgan fingerprint density at radius 3 is 1.32 bits per heavy atom. The highest BCUT2D eigenvalue weighted by Crippen LogP contribution is 2.20. The van der Waals surface area contributed by atoms with Gasteiger partial charge in [-0.15, -0.1) is 0 Å². The van der Waals surface area contributed by atoms with Crippen LogP contribution in [-0.2, 0) is 0 Å². The minimum Gasteiger partial charge on any atom is -0.324 e. The summed E-state index contributed by atoms with van der Waals surface area (Å²) in [5, 5.41) is 0. The first-order valence-electron chi connectivity index (χ1n) is 13.2. The Kier molecular flexibility index (Phi) is 22.7. The zero-order chi connectivity index (χ0) is 20.7. The van der Waals surface area contributed by atoms with Crippen molar-refractivity contribution in [2.45, 2.75) is 162 Å². The third-order valence-corrected chi connectivity index (χ3v) is 6.04. The van der Waals surface area contributed by atoms with Gasteiger partial charge in [-0.25, -0.2) is 0 Å². The number of unbranched alkanes of at least 4 members (excludes halogenated alkanes) is 15. The third-order valence-electron chi connectivity index (χ3n) is 6.04. The molecule has 0 fully saturated rings. The summed E-state index contributed by atoms with van der Waals surface area (Å²) < 4.78 is 0. The van der Waals surface area contributed by atoms with Gasteiger partial charge in [0, 0.05) is 6.04 Å². The van der Waals surface area contributed by atoms with Crippen molar-refractivity contribution in [3.05, 3.63) is 11.6 Å².